The van der Waals surface area contributed by atoms with Crippen LogP contribution in [0.3, 0.4) is 0 Å². The molecule has 45 heavy (non-hydrogen) atoms. The van der Waals surface area contributed by atoms with Crippen LogP contribution in [0.5, 0.6) is 0 Å². The summed E-state index contributed by atoms with van der Waals surface area (Å²) in [6, 6.07) is 25.1. The van der Waals surface area contributed by atoms with E-state index in [2.05, 4.69) is 57.2 Å². The highest BCUT2D eigenvalue weighted by Crippen LogP contribution is 2.28. The maximum Gasteiger partial charge on any atom is 0.410 e. The summed E-state index contributed by atoms with van der Waals surface area (Å²) in [5.41, 5.74) is 5.63. The van der Waals surface area contributed by atoms with Gasteiger partial charge in [-0.2, -0.15) is 0 Å². The number of nitrogens with zero attached hydrogens (tertiary/aromatic N) is 2. The van der Waals surface area contributed by atoms with Gasteiger partial charge in [-0.05, 0) is 68.5 Å². The third kappa shape index (κ3) is 9.98. The van der Waals surface area contributed by atoms with Gasteiger partial charge in [-0.15, -0.1) is 0 Å². The van der Waals surface area contributed by atoms with Crippen molar-refractivity contribution in [2.45, 2.75) is 84.2 Å². The molecule has 8 nitrogen and oxygen atoms in total. The van der Waals surface area contributed by atoms with E-state index >= 15 is 0 Å². The predicted molar refractivity (Wildman–Crippen MR) is 181 cm³/mol. The van der Waals surface area contributed by atoms with Gasteiger partial charge in [0.2, 0.25) is 0 Å². The van der Waals surface area contributed by atoms with Crippen LogP contribution in [0.15, 0.2) is 72.8 Å². The maximum atomic E-state index is 13.2. The Morgan fingerprint density at radius 1 is 0.778 bits per heavy atom. The zero-order valence-electron chi connectivity index (χ0n) is 27.1. The molecule has 0 unspecified atom stereocenters. The SMILES string of the molecule is CC(C)(C)OC(=O)N1CCN(Cc2ccc(CNC(=O)c3ccc(NC4CCCCC4)c(NCc4ccccc4)c3)cc2)CC1. The van der Waals surface area contributed by atoms with Crippen LogP contribution in [0.25, 0.3) is 0 Å². The first-order valence-electron chi connectivity index (χ1n) is 16.5. The molecular weight excluding hydrogens is 562 g/mol. The van der Waals surface area contributed by atoms with Crippen LogP contribution in [-0.2, 0) is 24.4 Å². The van der Waals surface area contributed by atoms with Crippen LogP contribution in [0.4, 0.5) is 16.2 Å². The quantitative estimate of drug-likeness (QED) is 0.228. The molecule has 3 aromatic carbocycles. The van der Waals surface area contributed by atoms with Gasteiger partial charge >= 0.3 is 6.09 Å². The number of benzene rings is 3. The molecule has 5 rings (SSSR count). The van der Waals surface area contributed by atoms with Crippen LogP contribution in [0, 0.1) is 0 Å². The molecule has 8 heteroatoms. The Balaban J connectivity index is 1.13. The lowest BCUT2D eigenvalue weighted by atomic mass is 9.95. The molecule has 1 aliphatic heterocycles. The fourth-order valence-corrected chi connectivity index (χ4v) is 5.94. The molecule has 2 aliphatic rings. The molecule has 240 valence electrons. The maximum absolute atomic E-state index is 13.2. The second kappa shape index (κ2) is 15.3. The van der Waals surface area contributed by atoms with Gasteiger partial charge in [-0.1, -0.05) is 73.9 Å². The minimum atomic E-state index is -0.478. The van der Waals surface area contributed by atoms with Crippen LogP contribution >= 0.6 is 0 Å². The molecular formula is C37H49N5O3. The van der Waals surface area contributed by atoms with Gasteiger partial charge in [0.05, 0.1) is 11.4 Å². The Bertz CT molecular complexity index is 1390. The van der Waals surface area contributed by atoms with E-state index in [0.717, 1.165) is 36.6 Å². The monoisotopic (exact) mass is 611 g/mol. The van der Waals surface area contributed by atoms with E-state index in [1.54, 1.807) is 4.90 Å². The first-order valence-corrected chi connectivity index (χ1v) is 16.5. The van der Waals surface area contributed by atoms with Gasteiger partial charge in [0.15, 0.2) is 0 Å². The van der Waals surface area contributed by atoms with Crippen molar-refractivity contribution in [1.82, 2.24) is 15.1 Å². The van der Waals surface area contributed by atoms with E-state index in [4.69, 9.17) is 4.74 Å². The number of carbonyl (C=O) groups is 2. The minimum absolute atomic E-state index is 0.0890. The number of hydrogen-bond donors (Lipinski definition) is 3. The molecule has 1 saturated heterocycles. The zero-order chi connectivity index (χ0) is 31.6. The van der Waals surface area contributed by atoms with Crippen LogP contribution in [-0.4, -0.2) is 59.6 Å². The second-order valence-corrected chi connectivity index (χ2v) is 13.3. The number of ether oxygens (including phenoxy) is 1. The predicted octanol–water partition coefficient (Wildman–Crippen LogP) is 7.03. The third-order valence-corrected chi connectivity index (χ3v) is 8.48. The fourth-order valence-electron chi connectivity index (χ4n) is 5.94. The summed E-state index contributed by atoms with van der Waals surface area (Å²) >= 11 is 0. The molecule has 3 N–H and O–H groups in total. The van der Waals surface area contributed by atoms with Crippen LogP contribution < -0.4 is 16.0 Å². The van der Waals surface area contributed by atoms with Crippen molar-refractivity contribution >= 4 is 23.4 Å². The van der Waals surface area contributed by atoms with Crippen molar-refractivity contribution < 1.29 is 14.3 Å². The lowest BCUT2D eigenvalue weighted by Crippen LogP contribution is -2.49. The van der Waals surface area contributed by atoms with E-state index < -0.39 is 5.60 Å². The smallest absolute Gasteiger partial charge is 0.410 e. The van der Waals surface area contributed by atoms with Gasteiger partial charge in [-0.25, -0.2) is 4.79 Å². The Morgan fingerprint density at radius 3 is 2.13 bits per heavy atom. The van der Waals surface area contributed by atoms with Crippen LogP contribution in [0.2, 0.25) is 0 Å². The summed E-state index contributed by atoms with van der Waals surface area (Å²) < 4.78 is 5.51. The third-order valence-electron chi connectivity index (χ3n) is 8.48. The zero-order valence-corrected chi connectivity index (χ0v) is 27.1. The van der Waals surface area contributed by atoms with Gasteiger partial charge in [0.25, 0.3) is 5.91 Å². The number of anilines is 2. The average Bonchev–Trinajstić information content (AvgIpc) is 3.04. The molecule has 1 heterocycles. The van der Waals surface area contributed by atoms with Gasteiger partial charge in [0.1, 0.15) is 5.60 Å². The number of piperazine rings is 1. The van der Waals surface area contributed by atoms with Gasteiger partial charge < -0.3 is 25.6 Å². The van der Waals surface area contributed by atoms with Crippen molar-refractivity contribution in [1.29, 1.82) is 0 Å². The summed E-state index contributed by atoms with van der Waals surface area (Å²) in [4.78, 5) is 29.7. The lowest BCUT2D eigenvalue weighted by molar-refractivity contribution is 0.0139. The summed E-state index contributed by atoms with van der Waals surface area (Å²) in [5, 5.41) is 10.4. The van der Waals surface area contributed by atoms with E-state index in [9.17, 15) is 9.59 Å². The fraction of sp³-hybridized carbons (Fsp3) is 0.459. The molecule has 0 aromatic heterocycles. The van der Waals surface area contributed by atoms with Crippen molar-refractivity contribution in [2.24, 2.45) is 0 Å². The van der Waals surface area contributed by atoms with Crippen molar-refractivity contribution in [3.8, 4) is 0 Å². The molecule has 3 aromatic rings. The number of hydrogen-bond acceptors (Lipinski definition) is 6. The van der Waals surface area contributed by atoms with Crippen molar-refractivity contribution in [3.05, 3.63) is 95.1 Å². The minimum Gasteiger partial charge on any atom is -0.444 e. The Hall–Kier alpha value is -4.04. The normalized spacial score (nSPS) is 16.2. The van der Waals surface area contributed by atoms with E-state index in [0.29, 0.717) is 37.8 Å². The lowest BCUT2D eigenvalue weighted by Gasteiger charge is -2.35. The molecule has 2 fully saturated rings. The Morgan fingerprint density at radius 2 is 1.44 bits per heavy atom. The first kappa shape index (κ1) is 32.4. The highest BCUT2D eigenvalue weighted by Gasteiger charge is 2.26. The Kier molecular flexibility index (Phi) is 11.0. The first-order chi connectivity index (χ1) is 21.7. The molecule has 0 spiro atoms. The topological polar surface area (TPSA) is 85.9 Å². The number of nitrogens with one attached hydrogen (secondary N) is 3. The number of amides is 2. The van der Waals surface area contributed by atoms with Gasteiger partial charge in [-0.3, -0.25) is 9.69 Å². The molecule has 0 atom stereocenters. The summed E-state index contributed by atoms with van der Waals surface area (Å²) in [6.45, 7) is 10.6. The summed E-state index contributed by atoms with van der Waals surface area (Å²) in [5.74, 6) is -0.0890. The average molecular weight is 612 g/mol. The standard InChI is InChI=1S/C37H49N5O3/c1-37(2,3)45-36(44)42-22-20-41(21-23-42)27-30-16-14-29(15-17-30)26-39-35(43)31-18-19-33(40-32-12-8-5-9-13-32)34(24-31)38-25-28-10-6-4-7-11-28/h4,6-7,10-11,14-19,24,32,38,40H,5,8-9,12-13,20-23,25-27H2,1-3H3,(H,39,43). The molecule has 1 aliphatic carbocycles. The van der Waals surface area contributed by atoms with Crippen molar-refractivity contribution in [3.63, 3.8) is 0 Å². The molecule has 2 amide bonds. The van der Waals surface area contributed by atoms with E-state index in [-0.39, 0.29) is 12.0 Å². The number of carbonyl (C=O) groups excluding carboxylic acids is 2. The number of rotatable bonds is 10. The van der Waals surface area contributed by atoms with Crippen molar-refractivity contribution in [2.75, 3.05) is 36.8 Å². The molecule has 0 radical (unpaired) electrons. The van der Waals surface area contributed by atoms with E-state index in [1.165, 1.54) is 43.2 Å². The molecule has 1 saturated carbocycles. The Labute approximate surface area is 268 Å². The van der Waals surface area contributed by atoms with Gasteiger partial charge in [0, 0.05) is 57.4 Å². The summed E-state index contributed by atoms with van der Waals surface area (Å²) in [6.07, 6.45) is 5.97. The largest absolute Gasteiger partial charge is 0.444 e. The summed E-state index contributed by atoms with van der Waals surface area (Å²) in [7, 11) is 0. The highest BCUT2D eigenvalue weighted by molar-refractivity contribution is 5.96. The molecule has 0 bridgehead atoms. The van der Waals surface area contributed by atoms with Crippen LogP contribution in [0.1, 0.15) is 79.9 Å². The highest BCUT2D eigenvalue weighted by atomic mass is 16.6. The second-order valence-electron chi connectivity index (χ2n) is 13.3. The van der Waals surface area contributed by atoms with E-state index in [1.807, 2.05) is 57.2 Å².